The normalized spacial score (nSPS) is 22.9. The summed E-state index contributed by atoms with van der Waals surface area (Å²) in [6.45, 7) is 1.83. The topological polar surface area (TPSA) is 49.3 Å². The summed E-state index contributed by atoms with van der Waals surface area (Å²) in [6.07, 6.45) is 0.660. The van der Waals surface area contributed by atoms with Gasteiger partial charge in [0.15, 0.2) is 0 Å². The van der Waals surface area contributed by atoms with Crippen molar-refractivity contribution in [2.24, 2.45) is 5.92 Å². The number of amides is 1. The molecule has 22 heavy (non-hydrogen) atoms. The zero-order valence-electron chi connectivity index (χ0n) is 12.3. The van der Waals surface area contributed by atoms with Crippen molar-refractivity contribution in [1.82, 2.24) is 5.32 Å². The van der Waals surface area contributed by atoms with E-state index in [1.165, 1.54) is 17.4 Å². The van der Waals surface area contributed by atoms with Gasteiger partial charge in [0.2, 0.25) is 5.91 Å². The minimum atomic E-state index is -1.09. The van der Waals surface area contributed by atoms with Crippen molar-refractivity contribution in [2.75, 3.05) is 6.54 Å². The molecule has 1 saturated carbocycles. The van der Waals surface area contributed by atoms with Gasteiger partial charge in [-0.1, -0.05) is 18.2 Å². The molecular formula is C17H18FNO2S. The smallest absolute Gasteiger partial charge is 0.223 e. The number of aliphatic hydroxyl groups is 1. The molecule has 1 aromatic carbocycles. The molecule has 3 nitrogen and oxygen atoms in total. The van der Waals surface area contributed by atoms with Crippen LogP contribution in [-0.2, 0) is 10.4 Å². The molecule has 0 saturated heterocycles. The molecule has 0 bridgehead atoms. The Bertz CT molecular complexity index is 669. The van der Waals surface area contributed by atoms with E-state index in [4.69, 9.17) is 0 Å². The van der Waals surface area contributed by atoms with E-state index in [1.54, 1.807) is 25.1 Å². The first kappa shape index (κ1) is 15.2. The summed E-state index contributed by atoms with van der Waals surface area (Å²) in [6, 6.07) is 8.43. The molecule has 2 N–H and O–H groups in total. The van der Waals surface area contributed by atoms with Crippen molar-refractivity contribution in [2.45, 2.75) is 24.9 Å². The zero-order chi connectivity index (χ0) is 15.7. The molecule has 5 heteroatoms. The van der Waals surface area contributed by atoms with Crippen LogP contribution in [0, 0.1) is 11.7 Å². The summed E-state index contributed by atoms with van der Waals surface area (Å²) >= 11 is 1.50. The third-order valence-corrected chi connectivity index (χ3v) is 4.87. The van der Waals surface area contributed by atoms with Crippen LogP contribution in [0.25, 0.3) is 0 Å². The van der Waals surface area contributed by atoms with Crippen LogP contribution in [-0.4, -0.2) is 17.6 Å². The number of nitrogens with one attached hydrogen (secondary N) is 1. The second kappa shape index (κ2) is 5.82. The number of halogens is 1. The molecule has 0 radical (unpaired) electrons. The Hall–Kier alpha value is -1.72. The third kappa shape index (κ3) is 3.05. The van der Waals surface area contributed by atoms with Crippen molar-refractivity contribution in [3.8, 4) is 0 Å². The van der Waals surface area contributed by atoms with Gasteiger partial charge in [0.1, 0.15) is 11.4 Å². The van der Waals surface area contributed by atoms with E-state index >= 15 is 0 Å². The Morgan fingerprint density at radius 1 is 1.45 bits per heavy atom. The number of carbonyl (C=O) groups is 1. The predicted molar refractivity (Wildman–Crippen MR) is 84.1 cm³/mol. The van der Waals surface area contributed by atoms with Crippen LogP contribution in [0.15, 0.2) is 41.1 Å². The number of rotatable bonds is 5. The molecule has 1 aromatic heterocycles. The first-order valence-corrected chi connectivity index (χ1v) is 8.20. The van der Waals surface area contributed by atoms with Gasteiger partial charge in [0.25, 0.3) is 0 Å². The van der Waals surface area contributed by atoms with Crippen molar-refractivity contribution < 1.29 is 14.3 Å². The standard InChI is InChI=1S/C17H18FNO2S/c1-17(21,11-6-7-22-9-11)10-19-16(20)14-8-13(14)12-4-2-3-5-15(12)18/h2-7,9,13-14,21H,8,10H2,1H3,(H,19,20). The molecule has 2 aromatic rings. The van der Waals surface area contributed by atoms with Gasteiger partial charge in [-0.05, 0) is 53.3 Å². The van der Waals surface area contributed by atoms with E-state index in [9.17, 15) is 14.3 Å². The van der Waals surface area contributed by atoms with Crippen LogP contribution >= 0.6 is 11.3 Å². The Balaban J connectivity index is 1.57. The maximum absolute atomic E-state index is 13.7. The SMILES string of the molecule is CC(O)(CNC(=O)C1CC1c1ccccc1F)c1ccsc1. The van der Waals surface area contributed by atoms with E-state index in [0.717, 1.165) is 5.56 Å². The fourth-order valence-corrected chi connectivity index (χ4v) is 3.45. The molecule has 0 aliphatic heterocycles. The summed E-state index contributed by atoms with van der Waals surface area (Å²) in [5, 5.41) is 16.9. The fourth-order valence-electron chi connectivity index (χ4n) is 2.67. The summed E-state index contributed by atoms with van der Waals surface area (Å²) in [5.41, 5.74) is 0.310. The average Bonchev–Trinajstić information content (AvgIpc) is 3.07. The number of hydrogen-bond acceptors (Lipinski definition) is 3. The maximum Gasteiger partial charge on any atom is 0.223 e. The van der Waals surface area contributed by atoms with Crippen molar-refractivity contribution in [3.05, 3.63) is 58.0 Å². The molecule has 116 valence electrons. The number of hydrogen-bond donors (Lipinski definition) is 2. The quantitative estimate of drug-likeness (QED) is 0.890. The third-order valence-electron chi connectivity index (χ3n) is 4.18. The number of benzene rings is 1. The highest BCUT2D eigenvalue weighted by molar-refractivity contribution is 7.08. The maximum atomic E-state index is 13.7. The molecule has 1 aliphatic rings. The Morgan fingerprint density at radius 3 is 2.91 bits per heavy atom. The Labute approximate surface area is 132 Å². The summed E-state index contributed by atoms with van der Waals surface area (Å²) < 4.78 is 13.7. The first-order valence-electron chi connectivity index (χ1n) is 7.26. The summed E-state index contributed by atoms with van der Waals surface area (Å²) in [7, 11) is 0. The van der Waals surface area contributed by atoms with E-state index in [0.29, 0.717) is 12.0 Å². The fraction of sp³-hybridized carbons (Fsp3) is 0.353. The Morgan fingerprint density at radius 2 is 2.23 bits per heavy atom. The molecule has 1 fully saturated rings. The largest absolute Gasteiger partial charge is 0.384 e. The van der Waals surface area contributed by atoms with Crippen LogP contribution in [0.5, 0.6) is 0 Å². The zero-order valence-corrected chi connectivity index (χ0v) is 13.1. The van der Waals surface area contributed by atoms with E-state index in [2.05, 4.69) is 5.32 Å². The summed E-state index contributed by atoms with van der Waals surface area (Å²) in [4.78, 5) is 12.2. The molecule has 1 amide bonds. The molecule has 3 atom stereocenters. The summed E-state index contributed by atoms with van der Waals surface area (Å²) in [5.74, 6) is -0.626. The van der Waals surface area contributed by atoms with Gasteiger partial charge >= 0.3 is 0 Å². The lowest BCUT2D eigenvalue weighted by atomic mass is 9.99. The highest BCUT2D eigenvalue weighted by Crippen LogP contribution is 2.48. The highest BCUT2D eigenvalue weighted by atomic mass is 32.1. The minimum Gasteiger partial charge on any atom is -0.384 e. The highest BCUT2D eigenvalue weighted by Gasteiger charge is 2.45. The molecule has 1 aliphatic carbocycles. The lowest BCUT2D eigenvalue weighted by Crippen LogP contribution is -2.39. The van der Waals surface area contributed by atoms with Gasteiger partial charge in [0, 0.05) is 5.92 Å². The van der Waals surface area contributed by atoms with Crippen LogP contribution in [0.4, 0.5) is 4.39 Å². The van der Waals surface area contributed by atoms with E-state index in [1.807, 2.05) is 16.8 Å². The lowest BCUT2D eigenvalue weighted by Gasteiger charge is -2.22. The van der Waals surface area contributed by atoms with Gasteiger partial charge in [-0.2, -0.15) is 11.3 Å². The molecule has 1 heterocycles. The average molecular weight is 319 g/mol. The second-order valence-electron chi connectivity index (χ2n) is 5.97. The van der Waals surface area contributed by atoms with Crippen LogP contribution in [0.1, 0.15) is 30.4 Å². The van der Waals surface area contributed by atoms with Crippen molar-refractivity contribution >= 4 is 17.2 Å². The predicted octanol–water partition coefficient (Wildman–Crippen LogP) is 3.01. The van der Waals surface area contributed by atoms with Crippen molar-refractivity contribution in [3.63, 3.8) is 0 Å². The van der Waals surface area contributed by atoms with Gasteiger partial charge in [0.05, 0.1) is 6.54 Å². The molecule has 0 spiro atoms. The van der Waals surface area contributed by atoms with Crippen LogP contribution in [0.3, 0.4) is 0 Å². The molecular weight excluding hydrogens is 301 g/mol. The van der Waals surface area contributed by atoms with E-state index in [-0.39, 0.29) is 30.1 Å². The van der Waals surface area contributed by atoms with E-state index < -0.39 is 5.60 Å². The molecule has 3 unspecified atom stereocenters. The Kier molecular flexibility index (Phi) is 4.02. The monoisotopic (exact) mass is 319 g/mol. The van der Waals surface area contributed by atoms with Gasteiger partial charge in [-0.25, -0.2) is 4.39 Å². The van der Waals surface area contributed by atoms with Gasteiger partial charge in [-0.15, -0.1) is 0 Å². The van der Waals surface area contributed by atoms with Crippen LogP contribution < -0.4 is 5.32 Å². The number of carbonyl (C=O) groups excluding carboxylic acids is 1. The lowest BCUT2D eigenvalue weighted by molar-refractivity contribution is -0.123. The van der Waals surface area contributed by atoms with Crippen LogP contribution in [0.2, 0.25) is 0 Å². The molecule has 3 rings (SSSR count). The number of thiophene rings is 1. The minimum absolute atomic E-state index is 0.0488. The van der Waals surface area contributed by atoms with Gasteiger partial charge < -0.3 is 10.4 Å². The van der Waals surface area contributed by atoms with Gasteiger partial charge in [-0.3, -0.25) is 4.79 Å². The first-order chi connectivity index (χ1) is 10.5. The van der Waals surface area contributed by atoms with Crippen molar-refractivity contribution in [1.29, 1.82) is 0 Å². The second-order valence-corrected chi connectivity index (χ2v) is 6.75.